The molecule has 31 heavy (non-hydrogen) atoms. The average Bonchev–Trinajstić information content (AvgIpc) is 3.00. The van der Waals surface area contributed by atoms with Gasteiger partial charge in [0.1, 0.15) is 6.04 Å². The van der Waals surface area contributed by atoms with Gasteiger partial charge in [0.05, 0.1) is 36.3 Å². The van der Waals surface area contributed by atoms with Gasteiger partial charge in [0, 0.05) is 6.42 Å². The van der Waals surface area contributed by atoms with Gasteiger partial charge in [-0.3, -0.25) is 19.3 Å². The van der Waals surface area contributed by atoms with Gasteiger partial charge >= 0.3 is 0 Å². The van der Waals surface area contributed by atoms with E-state index >= 15 is 0 Å². The topological polar surface area (TPSA) is 70.9 Å². The summed E-state index contributed by atoms with van der Waals surface area (Å²) < 4.78 is 0. The van der Waals surface area contributed by atoms with Crippen LogP contribution in [-0.4, -0.2) is 53.8 Å². The van der Waals surface area contributed by atoms with Crippen LogP contribution in [0.5, 0.6) is 0 Å². The molecule has 3 rings (SSSR count). The van der Waals surface area contributed by atoms with Crippen LogP contribution in [0.4, 0.5) is 0 Å². The van der Waals surface area contributed by atoms with Gasteiger partial charge in [-0.15, -0.1) is 0 Å². The Morgan fingerprint density at radius 3 is 1.90 bits per heavy atom. The van der Waals surface area contributed by atoms with E-state index in [-0.39, 0.29) is 12.3 Å². The molecule has 6 nitrogen and oxygen atoms in total. The maximum Gasteiger partial charge on any atom is 0.262 e. The number of hydrogen-bond acceptors (Lipinski definition) is 3. The van der Waals surface area contributed by atoms with Crippen molar-refractivity contribution in [1.82, 2.24) is 10.2 Å². The van der Waals surface area contributed by atoms with Gasteiger partial charge in [-0.2, -0.15) is 0 Å². The quantitative estimate of drug-likeness (QED) is 0.605. The summed E-state index contributed by atoms with van der Waals surface area (Å²) in [6, 6.07) is 16.2. The van der Waals surface area contributed by atoms with E-state index in [1.54, 1.807) is 24.3 Å². The van der Waals surface area contributed by atoms with E-state index in [0.717, 1.165) is 17.0 Å². The van der Waals surface area contributed by atoms with Crippen molar-refractivity contribution in [3.05, 3.63) is 71.3 Å². The van der Waals surface area contributed by atoms with Crippen LogP contribution in [0.3, 0.4) is 0 Å². The van der Waals surface area contributed by atoms with Crippen molar-refractivity contribution in [3.63, 3.8) is 0 Å². The number of nitrogens with one attached hydrogen (secondary N) is 2. The molecule has 0 saturated carbocycles. The minimum absolute atomic E-state index is 0.281. The van der Waals surface area contributed by atoms with Gasteiger partial charge in [0.25, 0.3) is 11.8 Å². The summed E-state index contributed by atoms with van der Waals surface area (Å²) >= 11 is 0. The molecular formula is C25H32N3O3+. The molecule has 0 spiro atoms. The molecule has 0 aromatic heterocycles. The Kier molecular flexibility index (Phi) is 7.23. The van der Waals surface area contributed by atoms with Crippen molar-refractivity contribution in [3.8, 4) is 0 Å². The van der Waals surface area contributed by atoms with E-state index in [1.165, 1.54) is 4.90 Å². The molecule has 1 aliphatic rings. The lowest BCUT2D eigenvalue weighted by Gasteiger charge is -2.29. The molecule has 0 fully saturated rings. The first-order valence-corrected chi connectivity index (χ1v) is 11.0. The van der Waals surface area contributed by atoms with Crippen molar-refractivity contribution in [1.29, 1.82) is 0 Å². The van der Waals surface area contributed by atoms with Crippen LogP contribution < -0.4 is 10.2 Å². The number of nitrogens with zero attached hydrogens (tertiary/aromatic N) is 1. The van der Waals surface area contributed by atoms with Crippen LogP contribution >= 0.6 is 0 Å². The minimum atomic E-state index is -0.892. The molecule has 0 aliphatic carbocycles. The first-order chi connectivity index (χ1) is 14.8. The molecule has 1 atom stereocenters. The van der Waals surface area contributed by atoms with Crippen LogP contribution in [0.1, 0.15) is 54.0 Å². The highest BCUT2D eigenvalue weighted by Crippen LogP contribution is 2.26. The SMILES string of the molecule is CC(C)[NH+](CCNC(=O)[C@H](Cc1ccccc1)N1C(=O)c2ccccc2C1=O)C(C)C. The van der Waals surface area contributed by atoms with E-state index < -0.39 is 17.9 Å². The molecule has 2 aromatic rings. The minimum Gasteiger partial charge on any atom is -0.349 e. The van der Waals surface area contributed by atoms with Crippen LogP contribution in [0.15, 0.2) is 54.6 Å². The molecule has 2 N–H and O–H groups in total. The molecule has 0 bridgehead atoms. The number of carbonyl (C=O) groups is 3. The first-order valence-electron chi connectivity index (χ1n) is 11.0. The first kappa shape index (κ1) is 22.7. The number of amides is 3. The predicted octanol–water partition coefficient (Wildman–Crippen LogP) is 1.71. The Balaban J connectivity index is 1.80. The summed E-state index contributed by atoms with van der Waals surface area (Å²) in [5.74, 6) is -1.12. The summed E-state index contributed by atoms with van der Waals surface area (Å²) in [7, 11) is 0. The highest BCUT2D eigenvalue weighted by Gasteiger charge is 2.42. The Labute approximate surface area is 184 Å². The number of benzene rings is 2. The van der Waals surface area contributed by atoms with E-state index in [0.29, 0.717) is 29.8 Å². The highest BCUT2D eigenvalue weighted by atomic mass is 16.2. The fraction of sp³-hybridized carbons (Fsp3) is 0.400. The summed E-state index contributed by atoms with van der Waals surface area (Å²) in [6.45, 7) is 9.91. The molecule has 2 aromatic carbocycles. The van der Waals surface area contributed by atoms with Crippen molar-refractivity contribution < 1.29 is 19.3 Å². The summed E-state index contributed by atoms with van der Waals surface area (Å²) in [5, 5.41) is 2.98. The predicted molar refractivity (Wildman–Crippen MR) is 120 cm³/mol. The Morgan fingerprint density at radius 1 is 0.871 bits per heavy atom. The van der Waals surface area contributed by atoms with Gasteiger partial charge in [0.2, 0.25) is 5.91 Å². The van der Waals surface area contributed by atoms with Gasteiger partial charge < -0.3 is 10.2 Å². The zero-order chi connectivity index (χ0) is 22.5. The zero-order valence-electron chi connectivity index (χ0n) is 18.7. The Morgan fingerprint density at radius 2 is 1.39 bits per heavy atom. The molecule has 0 unspecified atom stereocenters. The van der Waals surface area contributed by atoms with Crippen molar-refractivity contribution in [2.24, 2.45) is 0 Å². The molecule has 0 saturated heterocycles. The highest BCUT2D eigenvalue weighted by molar-refractivity contribution is 6.22. The van der Waals surface area contributed by atoms with Gasteiger partial charge in [0.15, 0.2) is 0 Å². The second-order valence-electron chi connectivity index (χ2n) is 8.66. The van der Waals surface area contributed by atoms with Gasteiger partial charge in [-0.1, -0.05) is 42.5 Å². The average molecular weight is 423 g/mol. The number of rotatable bonds is 9. The lowest BCUT2D eigenvalue weighted by Crippen LogP contribution is -3.18. The number of imide groups is 1. The largest absolute Gasteiger partial charge is 0.349 e. The van der Waals surface area contributed by atoms with Crippen molar-refractivity contribution in [2.45, 2.75) is 52.2 Å². The van der Waals surface area contributed by atoms with E-state index in [9.17, 15) is 14.4 Å². The second-order valence-corrected chi connectivity index (χ2v) is 8.66. The zero-order valence-corrected chi connectivity index (χ0v) is 18.7. The summed E-state index contributed by atoms with van der Waals surface area (Å²) in [4.78, 5) is 41.8. The Bertz CT molecular complexity index is 897. The lowest BCUT2D eigenvalue weighted by atomic mass is 10.0. The molecule has 1 heterocycles. The van der Waals surface area contributed by atoms with Crippen molar-refractivity contribution >= 4 is 17.7 Å². The smallest absolute Gasteiger partial charge is 0.262 e. The number of fused-ring (bicyclic) bond motifs is 1. The normalized spacial score (nSPS) is 14.5. The van der Waals surface area contributed by atoms with E-state index in [4.69, 9.17) is 0 Å². The standard InChI is InChI=1S/C25H31N3O3/c1-17(2)27(18(3)4)15-14-26-23(29)22(16-19-10-6-5-7-11-19)28-24(30)20-12-8-9-13-21(20)25(28)31/h5-13,17-18,22H,14-16H2,1-4H3,(H,26,29)/p+1/t22-/m0/s1. The number of hydrogen-bond donors (Lipinski definition) is 2. The molecule has 3 amide bonds. The monoisotopic (exact) mass is 422 g/mol. The van der Waals surface area contributed by atoms with E-state index in [1.807, 2.05) is 30.3 Å². The summed E-state index contributed by atoms with van der Waals surface area (Å²) in [6.07, 6.45) is 0.281. The Hall–Kier alpha value is -2.99. The number of carbonyl (C=O) groups excluding carboxylic acids is 3. The maximum absolute atomic E-state index is 13.2. The molecule has 6 heteroatoms. The fourth-order valence-electron chi connectivity index (χ4n) is 4.32. The number of quaternary nitrogens is 1. The molecule has 1 aliphatic heterocycles. The molecule has 164 valence electrons. The van der Waals surface area contributed by atoms with Crippen LogP contribution in [-0.2, 0) is 11.2 Å². The van der Waals surface area contributed by atoms with Crippen LogP contribution in [0.25, 0.3) is 0 Å². The fourth-order valence-corrected chi connectivity index (χ4v) is 4.32. The van der Waals surface area contributed by atoms with Crippen LogP contribution in [0, 0.1) is 0 Å². The summed E-state index contributed by atoms with van der Waals surface area (Å²) in [5.41, 5.74) is 1.61. The van der Waals surface area contributed by atoms with E-state index in [2.05, 4.69) is 33.0 Å². The third-order valence-electron chi connectivity index (χ3n) is 5.91. The van der Waals surface area contributed by atoms with Gasteiger partial charge in [-0.25, -0.2) is 0 Å². The van der Waals surface area contributed by atoms with Crippen molar-refractivity contribution in [2.75, 3.05) is 13.1 Å². The third kappa shape index (κ3) is 5.02. The van der Waals surface area contributed by atoms with Crippen LogP contribution in [0.2, 0.25) is 0 Å². The van der Waals surface area contributed by atoms with Gasteiger partial charge in [-0.05, 0) is 45.4 Å². The second kappa shape index (κ2) is 9.88. The molecular weight excluding hydrogens is 390 g/mol. The third-order valence-corrected chi connectivity index (χ3v) is 5.91. The lowest BCUT2D eigenvalue weighted by molar-refractivity contribution is -0.941. The maximum atomic E-state index is 13.2. The molecule has 0 radical (unpaired) electrons.